The number of nitrogens with two attached hydrogens (primary N) is 1. The van der Waals surface area contributed by atoms with Gasteiger partial charge in [0.2, 0.25) is 0 Å². The smallest absolute Gasteiger partial charge is 0.268 e. The highest BCUT2D eigenvalue weighted by molar-refractivity contribution is 8.06. The van der Waals surface area contributed by atoms with E-state index in [1.165, 1.54) is 11.5 Å². The number of carbonyl (C=O) groups excluding carboxylic acids is 1. The summed E-state index contributed by atoms with van der Waals surface area (Å²) in [5, 5.41) is 3.51. The van der Waals surface area contributed by atoms with Crippen molar-refractivity contribution in [2.24, 2.45) is 7.05 Å². The number of thioether (sulfide) groups is 2. The molecule has 0 radical (unpaired) electrons. The Hall–Kier alpha value is -0.750. The number of hydrogen-bond acceptors (Lipinski definition) is 4. The van der Waals surface area contributed by atoms with E-state index in [-0.39, 0.29) is 5.91 Å². The predicted molar refractivity (Wildman–Crippen MR) is 75.7 cm³/mol. The molecule has 1 atom stereocenters. The number of carbonyl (C=O) groups is 1. The van der Waals surface area contributed by atoms with E-state index in [1.54, 1.807) is 16.8 Å². The summed E-state index contributed by atoms with van der Waals surface area (Å²) in [5.41, 5.74) is 6.89. The third-order valence-electron chi connectivity index (χ3n) is 2.63. The molecular formula is C11H17N3OS2. The molecular weight excluding hydrogens is 254 g/mol. The Morgan fingerprint density at radius 1 is 1.65 bits per heavy atom. The van der Waals surface area contributed by atoms with Crippen molar-refractivity contribution < 1.29 is 4.79 Å². The highest BCUT2D eigenvalue weighted by Gasteiger charge is 2.16. The molecule has 0 aliphatic carbocycles. The third-order valence-corrected chi connectivity index (χ3v) is 5.48. The Labute approximate surface area is 110 Å². The van der Waals surface area contributed by atoms with Crippen molar-refractivity contribution in [3.63, 3.8) is 0 Å². The Morgan fingerprint density at radius 3 is 3.06 bits per heavy atom. The molecule has 17 heavy (non-hydrogen) atoms. The molecule has 2 rings (SSSR count). The fraction of sp³-hybridized carbons (Fsp3) is 0.545. The zero-order chi connectivity index (χ0) is 12.3. The molecule has 1 aromatic rings. The molecule has 0 aromatic carbocycles. The molecule has 0 spiro atoms. The van der Waals surface area contributed by atoms with Gasteiger partial charge in [0.05, 0.1) is 5.69 Å². The van der Waals surface area contributed by atoms with E-state index in [9.17, 15) is 4.79 Å². The Balaban J connectivity index is 1.86. The molecule has 1 aliphatic heterocycles. The standard InChI is InChI=1S/C11H17N3OS2/c1-14-6-8(12)4-10(14)11(15)13-5-9-7-16-2-3-17-9/h4,6,9H,2-3,5,7,12H2,1H3,(H,13,15). The van der Waals surface area contributed by atoms with Crippen molar-refractivity contribution in [2.75, 3.05) is 29.5 Å². The average Bonchev–Trinajstić information content (AvgIpc) is 2.67. The quantitative estimate of drug-likeness (QED) is 0.867. The highest BCUT2D eigenvalue weighted by Crippen LogP contribution is 2.23. The first-order valence-electron chi connectivity index (χ1n) is 5.56. The molecule has 94 valence electrons. The lowest BCUT2D eigenvalue weighted by Crippen LogP contribution is -2.34. The third kappa shape index (κ3) is 3.35. The minimum absolute atomic E-state index is 0.0413. The van der Waals surface area contributed by atoms with Crippen LogP contribution < -0.4 is 11.1 Å². The van der Waals surface area contributed by atoms with Gasteiger partial charge in [0.25, 0.3) is 5.91 Å². The first kappa shape index (κ1) is 12.7. The van der Waals surface area contributed by atoms with E-state index < -0.39 is 0 Å². The van der Waals surface area contributed by atoms with Crippen molar-refractivity contribution >= 4 is 35.1 Å². The second kappa shape index (κ2) is 5.73. The molecule has 1 amide bonds. The minimum atomic E-state index is -0.0413. The number of aryl methyl sites for hydroxylation is 1. The summed E-state index contributed by atoms with van der Waals surface area (Å²) in [4.78, 5) is 11.9. The van der Waals surface area contributed by atoms with Crippen LogP contribution in [0, 0.1) is 0 Å². The normalized spacial score (nSPS) is 20.2. The summed E-state index contributed by atoms with van der Waals surface area (Å²) in [6, 6.07) is 1.71. The van der Waals surface area contributed by atoms with Gasteiger partial charge in [0, 0.05) is 42.3 Å². The van der Waals surface area contributed by atoms with Gasteiger partial charge in [-0.15, -0.1) is 0 Å². The fourth-order valence-corrected chi connectivity index (χ4v) is 4.38. The van der Waals surface area contributed by atoms with Crippen LogP contribution in [0.2, 0.25) is 0 Å². The summed E-state index contributed by atoms with van der Waals surface area (Å²) < 4.78 is 1.76. The predicted octanol–water partition coefficient (Wildman–Crippen LogP) is 1.19. The molecule has 1 fully saturated rings. The first-order chi connectivity index (χ1) is 8.16. The van der Waals surface area contributed by atoms with Gasteiger partial charge in [0.1, 0.15) is 5.69 Å². The summed E-state index contributed by atoms with van der Waals surface area (Å²) in [6.07, 6.45) is 1.75. The van der Waals surface area contributed by atoms with E-state index in [2.05, 4.69) is 5.32 Å². The highest BCUT2D eigenvalue weighted by atomic mass is 32.2. The van der Waals surface area contributed by atoms with Crippen LogP contribution in [0.15, 0.2) is 12.3 Å². The van der Waals surface area contributed by atoms with Crippen molar-refractivity contribution in [3.05, 3.63) is 18.0 Å². The Bertz CT molecular complexity index is 399. The average molecular weight is 271 g/mol. The van der Waals surface area contributed by atoms with E-state index in [4.69, 9.17) is 5.73 Å². The number of anilines is 1. The van der Waals surface area contributed by atoms with Crippen molar-refractivity contribution in [2.45, 2.75) is 5.25 Å². The number of amides is 1. The summed E-state index contributed by atoms with van der Waals surface area (Å²) in [5.74, 6) is 3.49. The second-order valence-electron chi connectivity index (χ2n) is 4.05. The monoisotopic (exact) mass is 271 g/mol. The van der Waals surface area contributed by atoms with E-state index in [0.717, 1.165) is 12.3 Å². The van der Waals surface area contributed by atoms with Gasteiger partial charge in [-0.3, -0.25) is 4.79 Å². The van der Waals surface area contributed by atoms with Gasteiger partial charge < -0.3 is 15.6 Å². The van der Waals surface area contributed by atoms with Crippen LogP contribution in [-0.2, 0) is 7.05 Å². The maximum absolute atomic E-state index is 11.9. The molecule has 6 heteroatoms. The first-order valence-corrected chi connectivity index (χ1v) is 7.76. The maximum Gasteiger partial charge on any atom is 0.268 e. The molecule has 1 aromatic heterocycles. The summed E-state index contributed by atoms with van der Waals surface area (Å²) in [6.45, 7) is 0.738. The lowest BCUT2D eigenvalue weighted by Gasteiger charge is -2.21. The van der Waals surface area contributed by atoms with Gasteiger partial charge in [-0.2, -0.15) is 23.5 Å². The van der Waals surface area contributed by atoms with E-state index >= 15 is 0 Å². The molecule has 1 saturated heterocycles. The van der Waals surface area contributed by atoms with Crippen LogP contribution in [-0.4, -0.2) is 39.5 Å². The van der Waals surface area contributed by atoms with Gasteiger partial charge >= 0.3 is 0 Å². The largest absolute Gasteiger partial charge is 0.397 e. The van der Waals surface area contributed by atoms with Crippen LogP contribution in [0.1, 0.15) is 10.5 Å². The SMILES string of the molecule is Cn1cc(N)cc1C(=O)NCC1CSCCS1. The van der Waals surface area contributed by atoms with Crippen LogP contribution in [0.4, 0.5) is 5.69 Å². The molecule has 3 N–H and O–H groups in total. The van der Waals surface area contributed by atoms with E-state index in [0.29, 0.717) is 16.6 Å². The molecule has 0 saturated carbocycles. The topological polar surface area (TPSA) is 60.0 Å². The van der Waals surface area contributed by atoms with Crippen molar-refractivity contribution in [3.8, 4) is 0 Å². The molecule has 0 bridgehead atoms. The number of hydrogen-bond donors (Lipinski definition) is 2. The molecule has 4 nitrogen and oxygen atoms in total. The minimum Gasteiger partial charge on any atom is -0.397 e. The Kier molecular flexibility index (Phi) is 4.28. The lowest BCUT2D eigenvalue weighted by molar-refractivity contribution is 0.0946. The molecule has 1 unspecified atom stereocenters. The maximum atomic E-state index is 11.9. The van der Waals surface area contributed by atoms with Crippen LogP contribution >= 0.6 is 23.5 Å². The lowest BCUT2D eigenvalue weighted by atomic mass is 10.3. The number of nitrogen functional groups attached to an aromatic ring is 1. The van der Waals surface area contributed by atoms with E-state index in [1.807, 2.05) is 30.6 Å². The summed E-state index contributed by atoms with van der Waals surface area (Å²) >= 11 is 3.90. The van der Waals surface area contributed by atoms with Crippen LogP contribution in [0.3, 0.4) is 0 Å². The molecule has 2 heterocycles. The van der Waals surface area contributed by atoms with Crippen molar-refractivity contribution in [1.29, 1.82) is 0 Å². The van der Waals surface area contributed by atoms with Gasteiger partial charge in [-0.1, -0.05) is 0 Å². The number of aromatic nitrogens is 1. The second-order valence-corrected chi connectivity index (χ2v) is 6.61. The zero-order valence-electron chi connectivity index (χ0n) is 9.81. The molecule has 1 aliphatic rings. The Morgan fingerprint density at radius 2 is 2.47 bits per heavy atom. The number of nitrogens with one attached hydrogen (secondary N) is 1. The zero-order valence-corrected chi connectivity index (χ0v) is 11.4. The summed E-state index contributed by atoms with van der Waals surface area (Å²) in [7, 11) is 1.83. The van der Waals surface area contributed by atoms with Crippen LogP contribution in [0.5, 0.6) is 0 Å². The van der Waals surface area contributed by atoms with Gasteiger partial charge in [-0.05, 0) is 6.07 Å². The number of nitrogens with zero attached hydrogens (tertiary/aromatic N) is 1. The van der Waals surface area contributed by atoms with Crippen molar-refractivity contribution in [1.82, 2.24) is 9.88 Å². The number of rotatable bonds is 3. The van der Waals surface area contributed by atoms with Crippen LogP contribution in [0.25, 0.3) is 0 Å². The van der Waals surface area contributed by atoms with Gasteiger partial charge in [0.15, 0.2) is 0 Å². The van der Waals surface area contributed by atoms with Gasteiger partial charge in [-0.25, -0.2) is 0 Å². The fourth-order valence-electron chi connectivity index (χ4n) is 1.77.